The predicted octanol–water partition coefficient (Wildman–Crippen LogP) is 4.22. The van der Waals surface area contributed by atoms with Gasteiger partial charge in [0.1, 0.15) is 5.75 Å². The van der Waals surface area contributed by atoms with E-state index in [1.54, 1.807) is 6.20 Å². The summed E-state index contributed by atoms with van der Waals surface area (Å²) in [5.74, 6) is 0.946. The number of benzene rings is 2. The summed E-state index contributed by atoms with van der Waals surface area (Å²) in [4.78, 5) is 0. The van der Waals surface area contributed by atoms with Crippen LogP contribution in [0.3, 0.4) is 0 Å². The zero-order valence-electron chi connectivity index (χ0n) is 13.6. The van der Waals surface area contributed by atoms with Gasteiger partial charge in [0, 0.05) is 22.0 Å². The number of hydrogen-bond donors (Lipinski definition) is 2. The molecule has 2 aromatic carbocycles. The van der Waals surface area contributed by atoms with Gasteiger partial charge in [-0.2, -0.15) is 0 Å². The number of hydrogen-bond acceptors (Lipinski definition) is 3. The third-order valence-electron chi connectivity index (χ3n) is 4.18. The second-order valence-electron chi connectivity index (χ2n) is 6.57. The van der Waals surface area contributed by atoms with E-state index in [1.165, 1.54) is 27.6 Å². The van der Waals surface area contributed by atoms with Gasteiger partial charge < -0.3 is 15.8 Å². The lowest BCUT2D eigenvalue weighted by Gasteiger charge is -2.32. The summed E-state index contributed by atoms with van der Waals surface area (Å²) < 4.78 is 5.81. The molecule has 1 aliphatic heterocycles. The van der Waals surface area contributed by atoms with Gasteiger partial charge in [0.25, 0.3) is 0 Å². The molecule has 2 aromatic rings. The predicted molar refractivity (Wildman–Crippen MR) is 93.4 cm³/mol. The quantitative estimate of drug-likeness (QED) is 0.872. The minimum absolute atomic E-state index is 0.0290. The molecule has 0 spiro atoms. The molecule has 1 heterocycles. The summed E-state index contributed by atoms with van der Waals surface area (Å²) >= 11 is 0. The summed E-state index contributed by atoms with van der Waals surface area (Å²) in [6.45, 7) is 7.12. The van der Waals surface area contributed by atoms with Crippen LogP contribution < -0.4 is 15.8 Å². The van der Waals surface area contributed by atoms with E-state index in [2.05, 4.69) is 49.5 Å². The molecule has 0 fully saturated rings. The third-order valence-corrected chi connectivity index (χ3v) is 4.18. The lowest BCUT2D eigenvalue weighted by Crippen LogP contribution is -2.33. The smallest absolute Gasteiger partial charge is 0.127 e. The molecule has 0 saturated heterocycles. The van der Waals surface area contributed by atoms with Gasteiger partial charge in [-0.1, -0.05) is 18.2 Å². The highest BCUT2D eigenvalue weighted by molar-refractivity contribution is 6.01. The first kappa shape index (κ1) is 14.8. The molecule has 3 rings (SSSR count). The molecule has 0 unspecified atom stereocenters. The van der Waals surface area contributed by atoms with Crippen molar-refractivity contribution in [2.24, 2.45) is 5.73 Å². The van der Waals surface area contributed by atoms with Crippen LogP contribution in [-0.4, -0.2) is 12.1 Å². The van der Waals surface area contributed by atoms with Gasteiger partial charge in [-0.15, -0.1) is 0 Å². The normalized spacial score (nSPS) is 18.6. The Hall–Kier alpha value is -2.16. The maximum Gasteiger partial charge on any atom is 0.127 e. The molecule has 116 valence electrons. The number of ether oxygens (including phenoxy) is 1. The number of nitrogens with two attached hydrogens (primary N) is 1. The van der Waals surface area contributed by atoms with Crippen LogP contribution in [-0.2, 0) is 6.42 Å². The lowest BCUT2D eigenvalue weighted by atomic mass is 9.86. The zero-order valence-corrected chi connectivity index (χ0v) is 13.6. The van der Waals surface area contributed by atoms with Gasteiger partial charge in [0.05, 0.1) is 6.61 Å². The van der Waals surface area contributed by atoms with Crippen LogP contribution in [0, 0.1) is 0 Å². The first-order chi connectivity index (χ1) is 10.5. The van der Waals surface area contributed by atoms with E-state index in [-0.39, 0.29) is 5.54 Å². The van der Waals surface area contributed by atoms with Gasteiger partial charge in [-0.05, 0) is 63.1 Å². The Morgan fingerprint density at radius 3 is 2.82 bits per heavy atom. The SMILES string of the molecule is CCOc1ccc2c3c(cccc13)C/C(=C/N)CC(C)(C)N2. The summed E-state index contributed by atoms with van der Waals surface area (Å²) in [5.41, 5.74) is 9.56. The average Bonchev–Trinajstić information content (AvgIpc) is 2.47. The van der Waals surface area contributed by atoms with E-state index in [1.807, 2.05) is 6.92 Å². The fourth-order valence-corrected chi connectivity index (χ4v) is 3.39. The van der Waals surface area contributed by atoms with E-state index in [4.69, 9.17) is 10.5 Å². The molecule has 0 aliphatic carbocycles. The minimum Gasteiger partial charge on any atom is -0.493 e. The molecular formula is C19H24N2O. The lowest BCUT2D eigenvalue weighted by molar-refractivity contribution is 0.344. The first-order valence-electron chi connectivity index (χ1n) is 7.89. The molecular weight excluding hydrogens is 272 g/mol. The second kappa shape index (κ2) is 5.56. The average molecular weight is 296 g/mol. The van der Waals surface area contributed by atoms with Crippen molar-refractivity contribution in [1.29, 1.82) is 0 Å². The van der Waals surface area contributed by atoms with Crippen LogP contribution in [0.15, 0.2) is 42.1 Å². The van der Waals surface area contributed by atoms with Crippen molar-refractivity contribution in [3.05, 3.63) is 47.7 Å². The molecule has 0 bridgehead atoms. The number of nitrogens with one attached hydrogen (secondary N) is 1. The molecule has 1 aliphatic rings. The minimum atomic E-state index is -0.0290. The molecule has 0 amide bonds. The fraction of sp³-hybridized carbons (Fsp3) is 0.368. The van der Waals surface area contributed by atoms with Crippen molar-refractivity contribution in [3.8, 4) is 5.75 Å². The van der Waals surface area contributed by atoms with Gasteiger partial charge >= 0.3 is 0 Å². The van der Waals surface area contributed by atoms with Crippen molar-refractivity contribution < 1.29 is 4.74 Å². The van der Waals surface area contributed by atoms with Gasteiger partial charge in [-0.25, -0.2) is 0 Å². The summed E-state index contributed by atoms with van der Waals surface area (Å²) in [7, 11) is 0. The van der Waals surface area contributed by atoms with Crippen LogP contribution in [0.2, 0.25) is 0 Å². The van der Waals surface area contributed by atoms with Crippen molar-refractivity contribution in [2.75, 3.05) is 11.9 Å². The third kappa shape index (κ3) is 2.63. The van der Waals surface area contributed by atoms with E-state index in [0.29, 0.717) is 6.61 Å². The Balaban J connectivity index is 2.27. The van der Waals surface area contributed by atoms with Crippen LogP contribution in [0.1, 0.15) is 32.8 Å². The second-order valence-corrected chi connectivity index (χ2v) is 6.57. The molecule has 3 heteroatoms. The first-order valence-corrected chi connectivity index (χ1v) is 7.89. The Bertz CT molecular complexity index is 732. The molecule has 3 N–H and O–H groups in total. The van der Waals surface area contributed by atoms with E-state index >= 15 is 0 Å². The summed E-state index contributed by atoms with van der Waals surface area (Å²) in [6.07, 6.45) is 3.59. The molecule has 0 radical (unpaired) electrons. The Morgan fingerprint density at radius 2 is 2.09 bits per heavy atom. The Labute approximate surface area is 132 Å². The standard InChI is InChI=1S/C19H24N2O/c1-4-22-17-9-8-16-18-14(6-5-7-15(17)18)10-13(12-20)11-19(2,3)21-16/h5-9,12,21H,4,10-11,20H2,1-3H3/b13-12-. The van der Waals surface area contributed by atoms with Crippen LogP contribution in [0.25, 0.3) is 10.8 Å². The Kier molecular flexibility index (Phi) is 3.73. The van der Waals surface area contributed by atoms with Gasteiger partial charge in [0.15, 0.2) is 0 Å². The monoisotopic (exact) mass is 296 g/mol. The van der Waals surface area contributed by atoms with Crippen LogP contribution >= 0.6 is 0 Å². The molecule has 3 nitrogen and oxygen atoms in total. The van der Waals surface area contributed by atoms with E-state index < -0.39 is 0 Å². The molecule has 22 heavy (non-hydrogen) atoms. The largest absolute Gasteiger partial charge is 0.493 e. The topological polar surface area (TPSA) is 47.3 Å². The molecule has 0 aromatic heterocycles. The fourth-order valence-electron chi connectivity index (χ4n) is 3.39. The molecule has 0 saturated carbocycles. The van der Waals surface area contributed by atoms with Crippen molar-refractivity contribution in [2.45, 2.75) is 39.2 Å². The van der Waals surface area contributed by atoms with Crippen LogP contribution in [0.5, 0.6) is 5.75 Å². The summed E-state index contributed by atoms with van der Waals surface area (Å²) in [5, 5.41) is 6.10. The highest BCUT2D eigenvalue weighted by Crippen LogP contribution is 2.39. The zero-order chi connectivity index (χ0) is 15.7. The Morgan fingerprint density at radius 1 is 1.27 bits per heavy atom. The maximum atomic E-state index is 5.86. The van der Waals surface area contributed by atoms with Gasteiger partial charge in [0.2, 0.25) is 0 Å². The van der Waals surface area contributed by atoms with Gasteiger partial charge in [-0.3, -0.25) is 0 Å². The molecule has 0 atom stereocenters. The highest BCUT2D eigenvalue weighted by atomic mass is 16.5. The summed E-state index contributed by atoms with van der Waals surface area (Å²) in [6, 6.07) is 10.6. The maximum absolute atomic E-state index is 5.86. The van der Waals surface area contributed by atoms with Crippen molar-refractivity contribution >= 4 is 16.5 Å². The van der Waals surface area contributed by atoms with Crippen molar-refractivity contribution in [3.63, 3.8) is 0 Å². The van der Waals surface area contributed by atoms with Crippen LogP contribution in [0.4, 0.5) is 5.69 Å². The number of anilines is 1. The van der Waals surface area contributed by atoms with Crippen molar-refractivity contribution in [1.82, 2.24) is 0 Å². The number of rotatable bonds is 2. The van der Waals surface area contributed by atoms with E-state index in [9.17, 15) is 0 Å². The highest BCUT2D eigenvalue weighted by Gasteiger charge is 2.24. The van der Waals surface area contributed by atoms with E-state index in [0.717, 1.165) is 18.6 Å².